The molecule has 1 aliphatic rings. The second-order valence-corrected chi connectivity index (χ2v) is 6.03. The van der Waals surface area contributed by atoms with Gasteiger partial charge < -0.3 is 11.1 Å². The number of hydrogen-bond donors (Lipinski definition) is 2. The third kappa shape index (κ3) is 2.58. The van der Waals surface area contributed by atoms with Crippen molar-refractivity contribution in [3.63, 3.8) is 0 Å². The molecule has 126 valence electrons. The summed E-state index contributed by atoms with van der Waals surface area (Å²) in [4.78, 5) is 26.0. The summed E-state index contributed by atoms with van der Waals surface area (Å²) in [5.74, 6) is -0.615. The minimum Gasteiger partial charge on any atom is -0.394 e. The number of anilines is 1. The zero-order valence-corrected chi connectivity index (χ0v) is 13.9. The van der Waals surface area contributed by atoms with Crippen LogP contribution in [0.3, 0.4) is 0 Å². The fourth-order valence-corrected chi connectivity index (χ4v) is 3.14. The van der Waals surface area contributed by atoms with E-state index in [2.05, 4.69) is 5.32 Å². The smallest absolute Gasteiger partial charge is 0.212 e. The third-order valence-corrected chi connectivity index (χ3v) is 4.41. The van der Waals surface area contributed by atoms with Gasteiger partial charge in [-0.2, -0.15) is 0 Å². The molecule has 0 unspecified atom stereocenters. The van der Waals surface area contributed by atoms with Crippen LogP contribution in [-0.4, -0.2) is 11.6 Å². The molecule has 4 heteroatoms. The summed E-state index contributed by atoms with van der Waals surface area (Å²) in [6.45, 7) is 0. The molecule has 0 spiro atoms. The lowest BCUT2D eigenvalue weighted by atomic mass is 9.85. The van der Waals surface area contributed by atoms with Gasteiger partial charge in [0.2, 0.25) is 11.6 Å². The maximum Gasteiger partial charge on any atom is 0.212 e. The fraction of sp³-hybridized carbons (Fsp3) is 0. The van der Waals surface area contributed by atoms with Crippen molar-refractivity contribution in [2.45, 2.75) is 0 Å². The highest BCUT2D eigenvalue weighted by molar-refractivity contribution is 6.29. The van der Waals surface area contributed by atoms with Gasteiger partial charge in [-0.05, 0) is 23.3 Å². The Morgan fingerprint density at radius 2 is 1.27 bits per heavy atom. The molecule has 3 aromatic rings. The van der Waals surface area contributed by atoms with E-state index < -0.39 is 0 Å². The lowest BCUT2D eigenvalue weighted by Gasteiger charge is -2.22. The number of benzene rings is 3. The predicted molar refractivity (Wildman–Crippen MR) is 102 cm³/mol. The minimum atomic E-state index is -0.337. The number of hydrogen-bond acceptors (Lipinski definition) is 4. The number of nitrogens with two attached hydrogens (primary N) is 1. The molecular formula is C22H16N2O2. The lowest BCUT2D eigenvalue weighted by Crippen LogP contribution is -2.30. The number of nitrogens with one attached hydrogen (secondary N) is 1. The van der Waals surface area contributed by atoms with Crippen molar-refractivity contribution in [2.24, 2.45) is 5.73 Å². The molecular weight excluding hydrogens is 324 g/mol. The van der Waals surface area contributed by atoms with Crippen LogP contribution in [0.2, 0.25) is 0 Å². The van der Waals surface area contributed by atoms with E-state index in [0.29, 0.717) is 16.8 Å². The molecule has 0 fully saturated rings. The molecule has 0 atom stereocenters. The lowest BCUT2D eigenvalue weighted by molar-refractivity contribution is 0.0975. The van der Waals surface area contributed by atoms with Crippen molar-refractivity contribution in [1.29, 1.82) is 0 Å². The van der Waals surface area contributed by atoms with Gasteiger partial charge in [-0.1, -0.05) is 66.7 Å². The zero-order chi connectivity index (χ0) is 18.1. The van der Waals surface area contributed by atoms with Gasteiger partial charge >= 0.3 is 0 Å². The van der Waals surface area contributed by atoms with Gasteiger partial charge in [-0.25, -0.2) is 0 Å². The zero-order valence-electron chi connectivity index (χ0n) is 13.9. The second-order valence-electron chi connectivity index (χ2n) is 6.03. The Kier molecular flexibility index (Phi) is 3.86. The number of carbonyl (C=O) groups is 2. The van der Waals surface area contributed by atoms with E-state index in [9.17, 15) is 9.59 Å². The number of para-hydroxylation sites is 1. The molecule has 0 aromatic heterocycles. The van der Waals surface area contributed by atoms with Crippen molar-refractivity contribution in [3.05, 3.63) is 101 Å². The van der Waals surface area contributed by atoms with Crippen LogP contribution in [0.5, 0.6) is 0 Å². The molecule has 3 aromatic carbocycles. The number of Topliss-reactive ketones (excluding diaryl/α,β-unsaturated/α-hetero) is 2. The van der Waals surface area contributed by atoms with Crippen molar-refractivity contribution in [3.8, 4) is 11.1 Å². The van der Waals surface area contributed by atoms with Crippen molar-refractivity contribution >= 4 is 17.3 Å². The summed E-state index contributed by atoms with van der Waals surface area (Å²) < 4.78 is 0. The van der Waals surface area contributed by atoms with Gasteiger partial charge in [-0.3, -0.25) is 9.59 Å². The van der Waals surface area contributed by atoms with Crippen LogP contribution in [-0.2, 0) is 0 Å². The normalized spacial score (nSPS) is 13.5. The molecule has 0 bridgehead atoms. The molecule has 4 rings (SSSR count). The molecule has 0 aliphatic heterocycles. The van der Waals surface area contributed by atoms with E-state index in [1.807, 2.05) is 66.7 Å². The molecule has 26 heavy (non-hydrogen) atoms. The summed E-state index contributed by atoms with van der Waals surface area (Å²) in [7, 11) is 0. The van der Waals surface area contributed by atoms with Gasteiger partial charge in [-0.15, -0.1) is 0 Å². The van der Waals surface area contributed by atoms with Gasteiger partial charge in [0.05, 0.1) is 0 Å². The molecule has 4 nitrogen and oxygen atoms in total. The Labute approximate surface area is 151 Å². The van der Waals surface area contributed by atoms with E-state index in [0.717, 1.165) is 11.1 Å². The van der Waals surface area contributed by atoms with E-state index in [-0.39, 0.29) is 23.0 Å². The molecule has 0 saturated carbocycles. The van der Waals surface area contributed by atoms with Gasteiger partial charge in [0.15, 0.2) is 0 Å². The van der Waals surface area contributed by atoms with Crippen LogP contribution in [0.25, 0.3) is 11.1 Å². The van der Waals surface area contributed by atoms with Crippen LogP contribution in [0, 0.1) is 0 Å². The van der Waals surface area contributed by atoms with Crippen LogP contribution >= 0.6 is 0 Å². The number of rotatable bonds is 3. The highest BCUT2D eigenvalue weighted by atomic mass is 16.1. The Morgan fingerprint density at radius 1 is 0.654 bits per heavy atom. The molecule has 0 radical (unpaired) electrons. The minimum absolute atomic E-state index is 0.0587. The SMILES string of the molecule is NC1=C(Nc2ccccc2)C(=O)c2c(cccc2-c2ccccc2)C1=O. The van der Waals surface area contributed by atoms with Crippen molar-refractivity contribution in [2.75, 3.05) is 5.32 Å². The van der Waals surface area contributed by atoms with E-state index >= 15 is 0 Å². The number of ketones is 2. The summed E-state index contributed by atoms with van der Waals surface area (Å²) in [5.41, 5.74) is 9.10. The van der Waals surface area contributed by atoms with Crippen LogP contribution in [0.15, 0.2) is 90.3 Å². The fourth-order valence-electron chi connectivity index (χ4n) is 3.14. The summed E-state index contributed by atoms with van der Waals surface area (Å²) in [5, 5.41) is 3.01. The highest BCUT2D eigenvalue weighted by Crippen LogP contribution is 2.33. The Hall–Kier alpha value is -3.66. The molecule has 0 amide bonds. The second kappa shape index (κ2) is 6.33. The quantitative estimate of drug-likeness (QED) is 0.755. The van der Waals surface area contributed by atoms with E-state index in [1.54, 1.807) is 12.1 Å². The molecule has 0 heterocycles. The molecule has 1 aliphatic carbocycles. The largest absolute Gasteiger partial charge is 0.394 e. The van der Waals surface area contributed by atoms with Gasteiger partial charge in [0.25, 0.3) is 0 Å². The van der Waals surface area contributed by atoms with Crippen molar-refractivity contribution in [1.82, 2.24) is 0 Å². The Morgan fingerprint density at radius 3 is 1.96 bits per heavy atom. The standard InChI is InChI=1S/C22H16N2O2/c23-19-20(24-15-10-5-2-6-11-15)22(26)18-16(14-8-3-1-4-9-14)12-7-13-17(18)21(19)25/h1-13,24H,23H2. The maximum atomic E-state index is 13.2. The summed E-state index contributed by atoms with van der Waals surface area (Å²) >= 11 is 0. The first-order chi connectivity index (χ1) is 12.7. The number of allylic oxidation sites excluding steroid dienone is 2. The maximum absolute atomic E-state index is 13.2. The first kappa shape index (κ1) is 15.8. The first-order valence-electron chi connectivity index (χ1n) is 8.26. The molecule has 0 saturated heterocycles. The van der Waals surface area contributed by atoms with E-state index in [1.165, 1.54) is 0 Å². The summed E-state index contributed by atoms with van der Waals surface area (Å²) in [6, 6.07) is 24.0. The van der Waals surface area contributed by atoms with Gasteiger partial charge in [0, 0.05) is 16.8 Å². The van der Waals surface area contributed by atoms with Crippen LogP contribution in [0.1, 0.15) is 20.7 Å². The average molecular weight is 340 g/mol. The van der Waals surface area contributed by atoms with Crippen LogP contribution in [0.4, 0.5) is 5.69 Å². The highest BCUT2D eigenvalue weighted by Gasteiger charge is 2.33. The Bertz CT molecular complexity index is 1040. The number of fused-ring (bicyclic) bond motifs is 1. The predicted octanol–water partition coefficient (Wildman–Crippen LogP) is 4.02. The van der Waals surface area contributed by atoms with Gasteiger partial charge in [0.1, 0.15) is 11.4 Å². The number of carbonyl (C=O) groups excluding carboxylic acids is 2. The first-order valence-corrected chi connectivity index (χ1v) is 8.26. The third-order valence-electron chi connectivity index (χ3n) is 4.41. The summed E-state index contributed by atoms with van der Waals surface area (Å²) in [6.07, 6.45) is 0. The Balaban J connectivity index is 1.86. The van der Waals surface area contributed by atoms with Crippen molar-refractivity contribution < 1.29 is 9.59 Å². The van der Waals surface area contributed by atoms with E-state index in [4.69, 9.17) is 5.73 Å². The van der Waals surface area contributed by atoms with Crippen LogP contribution < -0.4 is 11.1 Å². The monoisotopic (exact) mass is 340 g/mol. The topological polar surface area (TPSA) is 72.2 Å². The average Bonchev–Trinajstić information content (AvgIpc) is 2.70. The molecule has 3 N–H and O–H groups in total.